The first-order valence-electron chi connectivity index (χ1n) is 4.49. The molecule has 0 aliphatic heterocycles. The summed E-state index contributed by atoms with van der Waals surface area (Å²) >= 11 is 0. The van der Waals surface area contributed by atoms with Gasteiger partial charge in [0.05, 0.1) is 0 Å². The smallest absolute Gasteiger partial charge is 0.158 e. The highest BCUT2D eigenvalue weighted by atomic mass is 16.1. The van der Waals surface area contributed by atoms with Gasteiger partial charge in [-0.3, -0.25) is 4.79 Å². The van der Waals surface area contributed by atoms with Crippen LogP contribution in [0.15, 0.2) is 23.3 Å². The average Bonchev–Trinajstić information content (AvgIpc) is 1.96. The molecular weight excluding hydrogens is 148 g/mol. The molecule has 0 bridgehead atoms. The Balaban J connectivity index is 2.76. The maximum atomic E-state index is 11.3. The zero-order valence-electron chi connectivity index (χ0n) is 8.05. The minimum Gasteiger partial charge on any atom is -0.295 e. The fraction of sp³-hybridized carbons (Fsp3) is 0.545. The average molecular weight is 164 g/mol. The molecule has 0 aromatic heterocycles. The summed E-state index contributed by atoms with van der Waals surface area (Å²) in [7, 11) is 0. The van der Waals surface area contributed by atoms with Crippen LogP contribution in [0.5, 0.6) is 0 Å². The van der Waals surface area contributed by atoms with Crippen LogP contribution in [-0.4, -0.2) is 5.78 Å². The van der Waals surface area contributed by atoms with E-state index < -0.39 is 0 Å². The van der Waals surface area contributed by atoms with Crippen molar-refractivity contribution in [3.05, 3.63) is 23.3 Å². The van der Waals surface area contributed by atoms with Gasteiger partial charge in [-0.05, 0) is 38.3 Å². The van der Waals surface area contributed by atoms with Gasteiger partial charge in [0.1, 0.15) is 0 Å². The van der Waals surface area contributed by atoms with Gasteiger partial charge in [-0.25, -0.2) is 0 Å². The summed E-state index contributed by atoms with van der Waals surface area (Å²) in [6.45, 7) is 6.12. The fourth-order valence-corrected chi connectivity index (χ4v) is 1.41. The molecule has 0 amide bonds. The van der Waals surface area contributed by atoms with E-state index in [0.29, 0.717) is 0 Å². The minimum atomic E-state index is 0.235. The highest BCUT2D eigenvalue weighted by Gasteiger charge is 2.16. The molecule has 1 atom stereocenters. The highest BCUT2D eigenvalue weighted by molar-refractivity contribution is 5.93. The summed E-state index contributed by atoms with van der Waals surface area (Å²) in [4.78, 5) is 11.3. The third-order valence-corrected chi connectivity index (χ3v) is 2.15. The third kappa shape index (κ3) is 2.33. The predicted molar refractivity (Wildman–Crippen MR) is 50.9 cm³/mol. The monoisotopic (exact) mass is 164 g/mol. The predicted octanol–water partition coefficient (Wildman–Crippen LogP) is 2.88. The number of allylic oxidation sites excluding steroid dienone is 4. The van der Waals surface area contributed by atoms with Gasteiger partial charge in [0.25, 0.3) is 0 Å². The Labute approximate surface area is 74.2 Å². The van der Waals surface area contributed by atoms with Crippen LogP contribution in [0.3, 0.4) is 0 Å². The summed E-state index contributed by atoms with van der Waals surface area (Å²) in [5, 5.41) is 0. The van der Waals surface area contributed by atoms with E-state index in [9.17, 15) is 4.79 Å². The second-order valence-corrected chi connectivity index (χ2v) is 3.78. The zero-order valence-corrected chi connectivity index (χ0v) is 8.05. The highest BCUT2D eigenvalue weighted by Crippen LogP contribution is 2.21. The fourth-order valence-electron chi connectivity index (χ4n) is 1.41. The Morgan fingerprint density at radius 2 is 2.25 bits per heavy atom. The Hall–Kier alpha value is -0.850. The van der Waals surface area contributed by atoms with Crippen LogP contribution in [0.25, 0.3) is 0 Å². The maximum Gasteiger partial charge on any atom is 0.158 e. The lowest BCUT2D eigenvalue weighted by Gasteiger charge is -2.14. The SMILES string of the molecule is CC(C)=CC1=CC(=O)C(C)CC1. The van der Waals surface area contributed by atoms with Crippen LogP contribution in [-0.2, 0) is 4.79 Å². The van der Waals surface area contributed by atoms with Crippen molar-refractivity contribution in [2.24, 2.45) is 5.92 Å². The third-order valence-electron chi connectivity index (χ3n) is 2.15. The first-order chi connectivity index (χ1) is 5.59. The van der Waals surface area contributed by atoms with Crippen LogP contribution >= 0.6 is 0 Å². The molecule has 0 aromatic rings. The molecule has 1 aliphatic carbocycles. The van der Waals surface area contributed by atoms with E-state index in [1.807, 2.05) is 6.92 Å². The first kappa shape index (κ1) is 9.24. The lowest BCUT2D eigenvalue weighted by molar-refractivity contribution is -0.118. The van der Waals surface area contributed by atoms with Gasteiger partial charge in [0, 0.05) is 5.92 Å². The zero-order chi connectivity index (χ0) is 9.14. The van der Waals surface area contributed by atoms with Crippen molar-refractivity contribution < 1.29 is 4.79 Å². The van der Waals surface area contributed by atoms with Crippen LogP contribution in [0.1, 0.15) is 33.6 Å². The van der Waals surface area contributed by atoms with Gasteiger partial charge in [-0.15, -0.1) is 0 Å². The molecular formula is C11H16O. The minimum absolute atomic E-state index is 0.235. The van der Waals surface area contributed by atoms with Crippen LogP contribution in [0, 0.1) is 5.92 Å². The normalized spacial score (nSPS) is 23.4. The van der Waals surface area contributed by atoms with Crippen LogP contribution in [0.4, 0.5) is 0 Å². The van der Waals surface area contributed by atoms with Crippen molar-refractivity contribution in [3.63, 3.8) is 0 Å². The Morgan fingerprint density at radius 1 is 1.58 bits per heavy atom. The maximum absolute atomic E-state index is 11.3. The first-order valence-corrected chi connectivity index (χ1v) is 4.49. The van der Waals surface area contributed by atoms with E-state index in [2.05, 4.69) is 19.9 Å². The van der Waals surface area contributed by atoms with Crippen molar-refractivity contribution in [2.75, 3.05) is 0 Å². The molecule has 1 rings (SSSR count). The Kier molecular flexibility index (Phi) is 2.85. The molecule has 1 aliphatic rings. The molecule has 0 N–H and O–H groups in total. The van der Waals surface area contributed by atoms with Crippen molar-refractivity contribution in [2.45, 2.75) is 33.6 Å². The van der Waals surface area contributed by atoms with E-state index in [1.165, 1.54) is 11.1 Å². The van der Waals surface area contributed by atoms with Gasteiger partial charge in [-0.2, -0.15) is 0 Å². The molecule has 0 aromatic carbocycles. The molecule has 1 heteroatoms. The largest absolute Gasteiger partial charge is 0.295 e. The van der Waals surface area contributed by atoms with E-state index in [-0.39, 0.29) is 11.7 Å². The molecule has 0 heterocycles. The number of ketones is 1. The number of hydrogen-bond donors (Lipinski definition) is 0. The van der Waals surface area contributed by atoms with Gasteiger partial charge in [0.15, 0.2) is 5.78 Å². The van der Waals surface area contributed by atoms with Gasteiger partial charge < -0.3 is 0 Å². The lowest BCUT2D eigenvalue weighted by Crippen LogP contribution is -2.13. The lowest BCUT2D eigenvalue weighted by atomic mass is 9.89. The van der Waals surface area contributed by atoms with Crippen LogP contribution < -0.4 is 0 Å². The van der Waals surface area contributed by atoms with E-state index >= 15 is 0 Å². The van der Waals surface area contributed by atoms with Gasteiger partial charge >= 0.3 is 0 Å². The molecule has 1 nitrogen and oxygen atoms in total. The van der Waals surface area contributed by atoms with Crippen molar-refractivity contribution in [3.8, 4) is 0 Å². The molecule has 1 unspecified atom stereocenters. The molecule has 0 saturated carbocycles. The standard InChI is InChI=1S/C11H16O/c1-8(2)6-10-5-4-9(3)11(12)7-10/h6-7,9H,4-5H2,1-3H3. The Bertz CT molecular complexity index is 242. The molecule has 0 fully saturated rings. The number of hydrogen-bond acceptors (Lipinski definition) is 1. The van der Waals surface area contributed by atoms with Crippen molar-refractivity contribution in [1.29, 1.82) is 0 Å². The number of rotatable bonds is 1. The van der Waals surface area contributed by atoms with E-state index in [0.717, 1.165) is 12.8 Å². The van der Waals surface area contributed by atoms with E-state index in [4.69, 9.17) is 0 Å². The molecule has 0 saturated heterocycles. The summed E-state index contributed by atoms with van der Waals surface area (Å²) < 4.78 is 0. The van der Waals surface area contributed by atoms with Crippen molar-refractivity contribution >= 4 is 5.78 Å². The second-order valence-electron chi connectivity index (χ2n) is 3.78. The quantitative estimate of drug-likeness (QED) is 0.582. The van der Waals surface area contributed by atoms with Crippen molar-refractivity contribution in [1.82, 2.24) is 0 Å². The molecule has 66 valence electrons. The second kappa shape index (κ2) is 3.70. The molecule has 0 spiro atoms. The Morgan fingerprint density at radius 3 is 2.75 bits per heavy atom. The van der Waals surface area contributed by atoms with E-state index in [1.54, 1.807) is 6.08 Å². The number of carbonyl (C=O) groups excluding carboxylic acids is 1. The summed E-state index contributed by atoms with van der Waals surface area (Å²) in [6.07, 6.45) is 5.96. The number of carbonyl (C=O) groups is 1. The summed E-state index contributed by atoms with van der Waals surface area (Å²) in [6, 6.07) is 0. The van der Waals surface area contributed by atoms with Crippen LogP contribution in [0.2, 0.25) is 0 Å². The molecule has 12 heavy (non-hydrogen) atoms. The summed E-state index contributed by atoms with van der Waals surface area (Å²) in [5.74, 6) is 0.521. The van der Waals surface area contributed by atoms with Gasteiger partial charge in [0.2, 0.25) is 0 Å². The topological polar surface area (TPSA) is 17.1 Å². The molecule has 0 radical (unpaired) electrons. The van der Waals surface area contributed by atoms with Gasteiger partial charge in [-0.1, -0.05) is 18.6 Å². The summed E-state index contributed by atoms with van der Waals surface area (Å²) in [5.41, 5.74) is 2.46.